The van der Waals surface area contributed by atoms with E-state index in [1.807, 2.05) is 0 Å². The Morgan fingerprint density at radius 1 is 0.387 bits per heavy atom. The molecule has 0 bridgehead atoms. The lowest BCUT2D eigenvalue weighted by molar-refractivity contribution is 0.664. The van der Waals surface area contributed by atoms with Gasteiger partial charge in [-0.25, -0.2) is 0 Å². The number of fused-ring (bicyclic) bond motifs is 9. The molecular weight excluding hydrogens is 751 g/mol. The van der Waals surface area contributed by atoms with Crippen molar-refractivity contribution < 1.29 is 0 Å². The van der Waals surface area contributed by atoms with E-state index in [1.54, 1.807) is 0 Å². The fourth-order valence-corrected chi connectivity index (χ4v) is 10.1. The third kappa shape index (κ3) is 5.70. The maximum Gasteiger partial charge on any atom is 0.145 e. The zero-order valence-electron chi connectivity index (χ0n) is 34.0. The molecule has 0 aromatic heterocycles. The molecule has 0 saturated carbocycles. The van der Waals surface area contributed by atoms with E-state index in [0.29, 0.717) is 0 Å². The Hall–Kier alpha value is -8.01. The van der Waals surface area contributed by atoms with E-state index < -0.39 is 5.41 Å². The number of rotatable bonds is 6. The van der Waals surface area contributed by atoms with Crippen LogP contribution in [0.3, 0.4) is 0 Å². The molecule has 0 fully saturated rings. The van der Waals surface area contributed by atoms with Gasteiger partial charge in [0.25, 0.3) is 0 Å². The van der Waals surface area contributed by atoms with Crippen molar-refractivity contribution in [2.75, 3.05) is 4.90 Å². The van der Waals surface area contributed by atoms with Gasteiger partial charge in [0.05, 0.1) is 22.5 Å². The van der Waals surface area contributed by atoms with Crippen molar-refractivity contribution >= 4 is 28.5 Å². The molecule has 0 radical (unpaired) electrons. The highest BCUT2D eigenvalue weighted by atomic mass is 15.2. The highest BCUT2D eigenvalue weighted by Crippen LogP contribution is 2.63. The molecule has 1 unspecified atom stereocenters. The van der Waals surface area contributed by atoms with Crippen LogP contribution in [0.5, 0.6) is 0 Å². The van der Waals surface area contributed by atoms with Crippen LogP contribution in [0.2, 0.25) is 0 Å². The fourth-order valence-electron chi connectivity index (χ4n) is 10.1. The monoisotopic (exact) mass is 791 g/mol. The lowest BCUT2D eigenvalue weighted by atomic mass is 9.64. The number of nitrogens with zero attached hydrogens (tertiary/aromatic N) is 2. The molecule has 62 heavy (non-hydrogen) atoms. The molecule has 12 rings (SSSR count). The molecule has 1 N–H and O–H groups in total. The summed E-state index contributed by atoms with van der Waals surface area (Å²) in [5.74, 6) is 0. The Kier molecular flexibility index (Phi) is 8.46. The van der Waals surface area contributed by atoms with Crippen molar-refractivity contribution in [1.82, 2.24) is 5.32 Å². The van der Waals surface area contributed by atoms with Crippen molar-refractivity contribution in [3.63, 3.8) is 0 Å². The minimum Gasteiger partial charge on any atom is -0.360 e. The number of nitrogens with one attached hydrogen (secondary N) is 1. The van der Waals surface area contributed by atoms with Crippen molar-refractivity contribution in [1.29, 1.82) is 0 Å². The Bertz CT molecular complexity index is 3170. The topological polar surface area (TPSA) is 27.6 Å². The minimum absolute atomic E-state index is 0.197. The van der Waals surface area contributed by atoms with E-state index in [4.69, 9.17) is 4.99 Å². The third-order valence-corrected chi connectivity index (χ3v) is 12.9. The van der Waals surface area contributed by atoms with Crippen LogP contribution in [0.4, 0.5) is 17.1 Å². The highest BCUT2D eigenvalue weighted by Gasteiger charge is 2.51. The van der Waals surface area contributed by atoms with Gasteiger partial charge in [0.15, 0.2) is 0 Å². The molecule has 2 aliphatic heterocycles. The van der Waals surface area contributed by atoms with Gasteiger partial charge in [0.1, 0.15) is 6.17 Å². The van der Waals surface area contributed by atoms with E-state index in [0.717, 1.165) is 39.3 Å². The SMILES string of the molecule is C1=C(c2cccc(-c3cccc(-c4ccc5c(c4)C4(c6ccccc6-5)c5ccccc5N(c5ccccc5)c5ccccc54)c3)c2)NC(c2ccccc2)N=C1c1ccccc1. The second kappa shape index (κ2) is 14.6. The second-order valence-electron chi connectivity index (χ2n) is 16.3. The number of benzene rings is 9. The molecule has 9 aromatic rings. The van der Waals surface area contributed by atoms with Crippen LogP contribution in [0.1, 0.15) is 45.1 Å². The van der Waals surface area contributed by atoms with Gasteiger partial charge in [-0.2, -0.15) is 0 Å². The van der Waals surface area contributed by atoms with Gasteiger partial charge in [-0.3, -0.25) is 4.99 Å². The second-order valence-corrected chi connectivity index (χ2v) is 16.3. The van der Waals surface area contributed by atoms with Crippen LogP contribution >= 0.6 is 0 Å². The Balaban J connectivity index is 0.968. The minimum atomic E-state index is -0.507. The van der Waals surface area contributed by atoms with Crippen molar-refractivity contribution in [2.45, 2.75) is 11.6 Å². The van der Waals surface area contributed by atoms with Crippen LogP contribution in [0.15, 0.2) is 242 Å². The van der Waals surface area contributed by atoms with Gasteiger partial charge >= 0.3 is 0 Å². The first-order valence-electron chi connectivity index (χ1n) is 21.4. The third-order valence-electron chi connectivity index (χ3n) is 12.9. The number of hydrogen-bond acceptors (Lipinski definition) is 3. The zero-order valence-corrected chi connectivity index (χ0v) is 34.0. The largest absolute Gasteiger partial charge is 0.360 e. The summed E-state index contributed by atoms with van der Waals surface area (Å²) in [6.45, 7) is 0. The van der Waals surface area contributed by atoms with Crippen LogP contribution in [-0.4, -0.2) is 5.71 Å². The summed E-state index contributed by atoms with van der Waals surface area (Å²) < 4.78 is 0. The molecule has 3 heteroatoms. The summed E-state index contributed by atoms with van der Waals surface area (Å²) in [7, 11) is 0. The molecule has 0 saturated heterocycles. The predicted molar refractivity (Wildman–Crippen MR) is 256 cm³/mol. The van der Waals surface area contributed by atoms with Gasteiger partial charge in [-0.05, 0) is 121 Å². The van der Waals surface area contributed by atoms with Gasteiger partial charge in [-0.1, -0.05) is 188 Å². The molecule has 3 nitrogen and oxygen atoms in total. The van der Waals surface area contributed by atoms with Crippen molar-refractivity contribution in [3.8, 4) is 33.4 Å². The van der Waals surface area contributed by atoms with Gasteiger partial charge in [0, 0.05) is 11.4 Å². The molecule has 292 valence electrons. The lowest BCUT2D eigenvalue weighted by Gasteiger charge is -2.45. The molecule has 1 spiro atoms. The van der Waals surface area contributed by atoms with Crippen LogP contribution in [0, 0.1) is 0 Å². The van der Waals surface area contributed by atoms with Crippen LogP contribution in [0.25, 0.3) is 39.1 Å². The molecule has 1 aliphatic carbocycles. The maximum absolute atomic E-state index is 5.16. The number of allylic oxidation sites excluding steroid dienone is 1. The van der Waals surface area contributed by atoms with Gasteiger partial charge < -0.3 is 10.2 Å². The van der Waals surface area contributed by atoms with E-state index in [-0.39, 0.29) is 6.17 Å². The maximum atomic E-state index is 5.16. The predicted octanol–water partition coefficient (Wildman–Crippen LogP) is 14.3. The first-order chi connectivity index (χ1) is 30.7. The molecule has 0 amide bonds. The quantitative estimate of drug-likeness (QED) is 0.182. The van der Waals surface area contributed by atoms with E-state index >= 15 is 0 Å². The Morgan fingerprint density at radius 2 is 0.887 bits per heavy atom. The van der Waals surface area contributed by atoms with Crippen molar-refractivity contribution in [2.24, 2.45) is 4.99 Å². The molecule has 9 aromatic carbocycles. The number of para-hydroxylation sites is 3. The molecule has 3 aliphatic rings. The summed E-state index contributed by atoms with van der Waals surface area (Å²) >= 11 is 0. The van der Waals surface area contributed by atoms with Crippen LogP contribution in [-0.2, 0) is 5.41 Å². The zero-order chi connectivity index (χ0) is 41.0. The molecule has 2 heterocycles. The Morgan fingerprint density at radius 3 is 1.56 bits per heavy atom. The molecule has 1 atom stereocenters. The average molecular weight is 792 g/mol. The van der Waals surface area contributed by atoms with E-state index in [9.17, 15) is 0 Å². The summed E-state index contributed by atoms with van der Waals surface area (Å²) in [5, 5.41) is 3.76. The van der Waals surface area contributed by atoms with E-state index in [2.05, 4.69) is 247 Å². The van der Waals surface area contributed by atoms with E-state index in [1.165, 1.54) is 61.4 Å². The first-order valence-corrected chi connectivity index (χ1v) is 21.4. The highest BCUT2D eigenvalue weighted by molar-refractivity contribution is 6.13. The van der Waals surface area contributed by atoms with Crippen molar-refractivity contribution in [3.05, 3.63) is 276 Å². The fraction of sp³-hybridized carbons (Fsp3) is 0.0339. The van der Waals surface area contributed by atoms with Gasteiger partial charge in [0.2, 0.25) is 0 Å². The lowest BCUT2D eigenvalue weighted by Crippen LogP contribution is -2.36. The summed E-state index contributed by atoms with van der Waals surface area (Å²) in [6, 6.07) is 83.8. The Labute approximate surface area is 362 Å². The normalized spacial score (nSPS) is 15.4. The standard InChI is InChI=1S/C59H41N3/c1-4-18-40(19-5-1)54-39-55(61-58(60-54)41-20-6-2-7-21-41)46-25-17-24-44(37-46)42-22-16-23-43(36-42)45-34-35-49-48-28-10-11-29-50(48)59(53(49)38-45)51-30-12-14-32-56(51)62(47-26-8-3-9-27-47)57-33-15-13-31-52(57)59/h1-39,58,61H. The van der Waals surface area contributed by atoms with Gasteiger partial charge in [-0.15, -0.1) is 0 Å². The van der Waals surface area contributed by atoms with Crippen LogP contribution < -0.4 is 10.2 Å². The summed E-state index contributed by atoms with van der Waals surface area (Å²) in [5.41, 5.74) is 20.9. The number of aliphatic imine (C=N–C) groups is 1. The number of anilines is 3. The average Bonchev–Trinajstić information content (AvgIpc) is 3.65. The summed E-state index contributed by atoms with van der Waals surface area (Å²) in [4.78, 5) is 7.60. The number of hydrogen-bond donors (Lipinski definition) is 1. The molecular formula is C59H41N3. The summed E-state index contributed by atoms with van der Waals surface area (Å²) in [6.07, 6.45) is 1.99. The smallest absolute Gasteiger partial charge is 0.145 e. The first kappa shape index (κ1) is 35.9.